The Morgan fingerprint density at radius 2 is 1.68 bits per heavy atom. The number of pyridine rings is 1. The second-order valence-electron chi connectivity index (χ2n) is 6.79. The molecule has 0 fully saturated rings. The standard InChI is InChI=1S/C23H25N3OS/c1-26(2)19(16-18-10-5-3-6-11-18)17-25-22(27)21-14-9-15-24-23(21)28-20-12-7-4-8-13-20/h3-15,19H,16-17H2,1-2H3,(H,25,27). The Labute approximate surface area is 171 Å². The molecule has 0 aliphatic carbocycles. The quantitative estimate of drug-likeness (QED) is 0.627. The molecule has 0 aliphatic heterocycles. The van der Waals surface area contributed by atoms with Crippen LogP contribution < -0.4 is 5.32 Å². The molecule has 2 aromatic carbocycles. The maximum Gasteiger partial charge on any atom is 0.254 e. The van der Waals surface area contributed by atoms with Gasteiger partial charge in [-0.3, -0.25) is 4.79 Å². The number of aromatic nitrogens is 1. The summed E-state index contributed by atoms with van der Waals surface area (Å²) in [5.41, 5.74) is 1.87. The second kappa shape index (κ2) is 10.1. The first-order valence-corrected chi connectivity index (χ1v) is 10.1. The minimum atomic E-state index is -0.0913. The summed E-state index contributed by atoms with van der Waals surface area (Å²) in [6, 6.07) is 24.2. The number of carbonyl (C=O) groups excluding carboxylic acids is 1. The van der Waals surface area contributed by atoms with Crippen molar-refractivity contribution in [1.82, 2.24) is 15.2 Å². The molecule has 1 atom stereocenters. The van der Waals surface area contributed by atoms with Crippen LogP contribution in [0.3, 0.4) is 0 Å². The number of likely N-dealkylation sites (N-methyl/N-ethyl adjacent to an activating group) is 1. The summed E-state index contributed by atoms with van der Waals surface area (Å²) >= 11 is 1.50. The van der Waals surface area contributed by atoms with Crippen LogP contribution in [0.15, 0.2) is 88.9 Å². The lowest BCUT2D eigenvalue weighted by atomic mass is 10.1. The number of rotatable bonds is 8. The highest BCUT2D eigenvalue weighted by atomic mass is 32.2. The summed E-state index contributed by atoms with van der Waals surface area (Å²) in [7, 11) is 4.08. The van der Waals surface area contributed by atoms with Crippen LogP contribution >= 0.6 is 11.8 Å². The smallest absolute Gasteiger partial charge is 0.254 e. The number of nitrogens with zero attached hydrogens (tertiary/aromatic N) is 2. The van der Waals surface area contributed by atoms with Gasteiger partial charge in [0, 0.05) is 23.7 Å². The molecular formula is C23H25N3OS. The van der Waals surface area contributed by atoms with Gasteiger partial charge in [0.25, 0.3) is 5.91 Å². The normalized spacial score (nSPS) is 12.0. The molecule has 4 nitrogen and oxygen atoms in total. The molecule has 1 amide bonds. The fourth-order valence-corrected chi connectivity index (χ4v) is 3.78. The van der Waals surface area contributed by atoms with Gasteiger partial charge in [-0.05, 0) is 50.3 Å². The molecule has 0 saturated carbocycles. The second-order valence-corrected chi connectivity index (χ2v) is 7.85. The van der Waals surface area contributed by atoms with Crippen molar-refractivity contribution >= 4 is 17.7 Å². The van der Waals surface area contributed by atoms with E-state index in [1.54, 1.807) is 12.3 Å². The van der Waals surface area contributed by atoms with Crippen LogP contribution in [0.25, 0.3) is 0 Å². The molecule has 0 bridgehead atoms. The van der Waals surface area contributed by atoms with Gasteiger partial charge in [-0.1, -0.05) is 60.3 Å². The zero-order chi connectivity index (χ0) is 19.8. The maximum absolute atomic E-state index is 12.9. The summed E-state index contributed by atoms with van der Waals surface area (Å²) in [6.45, 7) is 0.574. The van der Waals surface area contributed by atoms with Crippen molar-refractivity contribution < 1.29 is 4.79 Å². The van der Waals surface area contributed by atoms with E-state index in [9.17, 15) is 4.79 Å². The van der Waals surface area contributed by atoms with E-state index in [1.165, 1.54) is 17.3 Å². The average Bonchev–Trinajstić information content (AvgIpc) is 2.72. The largest absolute Gasteiger partial charge is 0.350 e. The van der Waals surface area contributed by atoms with Gasteiger partial charge in [-0.25, -0.2) is 4.98 Å². The third-order valence-corrected chi connectivity index (χ3v) is 5.54. The number of amides is 1. The SMILES string of the molecule is CN(C)C(CNC(=O)c1cccnc1Sc1ccccc1)Cc1ccccc1. The molecule has 5 heteroatoms. The van der Waals surface area contributed by atoms with Crippen LogP contribution in [0.2, 0.25) is 0 Å². The first-order chi connectivity index (χ1) is 13.6. The Morgan fingerprint density at radius 3 is 2.36 bits per heavy atom. The summed E-state index contributed by atoms with van der Waals surface area (Å²) < 4.78 is 0. The summed E-state index contributed by atoms with van der Waals surface area (Å²) in [6.07, 6.45) is 2.60. The first kappa shape index (κ1) is 20.1. The first-order valence-electron chi connectivity index (χ1n) is 9.30. The maximum atomic E-state index is 12.9. The number of carbonyl (C=O) groups is 1. The van der Waals surface area contributed by atoms with Gasteiger partial charge in [0.15, 0.2) is 0 Å². The molecule has 1 aromatic heterocycles. The van der Waals surface area contributed by atoms with Crippen molar-refractivity contribution in [1.29, 1.82) is 0 Å². The molecule has 1 heterocycles. The highest BCUT2D eigenvalue weighted by Crippen LogP contribution is 2.28. The molecule has 0 radical (unpaired) electrons. The van der Waals surface area contributed by atoms with Crippen LogP contribution in [-0.4, -0.2) is 42.5 Å². The molecule has 1 unspecified atom stereocenters. The van der Waals surface area contributed by atoms with E-state index in [0.29, 0.717) is 12.1 Å². The number of hydrogen-bond donors (Lipinski definition) is 1. The topological polar surface area (TPSA) is 45.2 Å². The van der Waals surface area contributed by atoms with Crippen molar-refractivity contribution in [3.8, 4) is 0 Å². The van der Waals surface area contributed by atoms with Gasteiger partial charge < -0.3 is 10.2 Å². The van der Waals surface area contributed by atoms with Gasteiger partial charge in [0.1, 0.15) is 5.03 Å². The minimum absolute atomic E-state index is 0.0913. The molecule has 0 aliphatic rings. The number of hydrogen-bond acceptors (Lipinski definition) is 4. The molecule has 3 aromatic rings. The van der Waals surface area contributed by atoms with Crippen molar-refractivity contribution in [3.05, 3.63) is 90.1 Å². The van der Waals surface area contributed by atoms with E-state index in [1.807, 2.05) is 68.7 Å². The third kappa shape index (κ3) is 5.68. The summed E-state index contributed by atoms with van der Waals surface area (Å²) in [4.78, 5) is 20.5. The Bertz CT molecular complexity index is 885. The van der Waals surface area contributed by atoms with Gasteiger partial charge >= 0.3 is 0 Å². The van der Waals surface area contributed by atoms with Gasteiger partial charge in [0.05, 0.1) is 5.56 Å². The van der Waals surface area contributed by atoms with Crippen molar-refractivity contribution in [2.75, 3.05) is 20.6 Å². The Balaban J connectivity index is 1.67. The van der Waals surface area contributed by atoms with Crippen LogP contribution in [-0.2, 0) is 6.42 Å². The Hall–Kier alpha value is -2.63. The predicted octanol–water partition coefficient (Wildman–Crippen LogP) is 4.14. The molecule has 3 rings (SSSR count). The average molecular weight is 392 g/mol. The lowest BCUT2D eigenvalue weighted by molar-refractivity contribution is 0.0938. The molecular weight excluding hydrogens is 366 g/mol. The lowest BCUT2D eigenvalue weighted by Gasteiger charge is -2.25. The zero-order valence-electron chi connectivity index (χ0n) is 16.2. The van der Waals surface area contributed by atoms with Crippen molar-refractivity contribution in [2.24, 2.45) is 0 Å². The van der Waals surface area contributed by atoms with Crippen molar-refractivity contribution in [2.45, 2.75) is 22.4 Å². The van der Waals surface area contributed by atoms with Gasteiger partial charge in [-0.2, -0.15) is 0 Å². The monoisotopic (exact) mass is 391 g/mol. The molecule has 28 heavy (non-hydrogen) atoms. The molecule has 1 N–H and O–H groups in total. The van der Waals surface area contributed by atoms with E-state index >= 15 is 0 Å². The third-order valence-electron chi connectivity index (χ3n) is 4.52. The Kier molecular flexibility index (Phi) is 7.23. The van der Waals surface area contributed by atoms with Crippen LogP contribution in [0.5, 0.6) is 0 Å². The van der Waals surface area contributed by atoms with Crippen LogP contribution in [0.4, 0.5) is 0 Å². The lowest BCUT2D eigenvalue weighted by Crippen LogP contribution is -2.41. The number of nitrogens with one attached hydrogen (secondary N) is 1. The highest BCUT2D eigenvalue weighted by molar-refractivity contribution is 7.99. The molecule has 0 spiro atoms. The van der Waals surface area contributed by atoms with Gasteiger partial charge in [0.2, 0.25) is 0 Å². The van der Waals surface area contributed by atoms with E-state index in [2.05, 4.69) is 27.3 Å². The molecule has 144 valence electrons. The van der Waals surface area contributed by atoms with E-state index < -0.39 is 0 Å². The zero-order valence-corrected chi connectivity index (χ0v) is 17.0. The fraction of sp³-hybridized carbons (Fsp3) is 0.217. The minimum Gasteiger partial charge on any atom is -0.350 e. The van der Waals surface area contributed by atoms with Crippen LogP contribution in [0, 0.1) is 0 Å². The molecule has 0 saturated heterocycles. The van der Waals surface area contributed by atoms with E-state index in [-0.39, 0.29) is 11.9 Å². The summed E-state index contributed by atoms with van der Waals surface area (Å²) in [5, 5.41) is 3.81. The van der Waals surface area contributed by atoms with Crippen molar-refractivity contribution in [3.63, 3.8) is 0 Å². The number of benzene rings is 2. The van der Waals surface area contributed by atoms with E-state index in [0.717, 1.165) is 16.3 Å². The van der Waals surface area contributed by atoms with Crippen LogP contribution in [0.1, 0.15) is 15.9 Å². The Morgan fingerprint density at radius 1 is 1.00 bits per heavy atom. The predicted molar refractivity (Wildman–Crippen MR) is 115 cm³/mol. The van der Waals surface area contributed by atoms with Gasteiger partial charge in [-0.15, -0.1) is 0 Å². The van der Waals surface area contributed by atoms with E-state index in [4.69, 9.17) is 0 Å². The fourth-order valence-electron chi connectivity index (χ4n) is 2.87. The summed E-state index contributed by atoms with van der Waals surface area (Å²) in [5.74, 6) is -0.0913. The highest BCUT2D eigenvalue weighted by Gasteiger charge is 2.17.